The van der Waals surface area contributed by atoms with Crippen LogP contribution in [0.15, 0.2) is 41.7 Å². The van der Waals surface area contributed by atoms with Gasteiger partial charge in [-0.2, -0.15) is 0 Å². The maximum atomic E-state index is 12.3. The van der Waals surface area contributed by atoms with Crippen LogP contribution in [0.4, 0.5) is 0 Å². The van der Waals surface area contributed by atoms with E-state index in [0.717, 1.165) is 29.7 Å². The van der Waals surface area contributed by atoms with Gasteiger partial charge in [-0.15, -0.1) is 0 Å². The zero-order chi connectivity index (χ0) is 16.2. The predicted octanol–water partition coefficient (Wildman–Crippen LogP) is 3.23. The first-order valence-electron chi connectivity index (χ1n) is 7.89. The molecule has 0 saturated carbocycles. The van der Waals surface area contributed by atoms with E-state index in [1.807, 2.05) is 24.4 Å². The lowest BCUT2D eigenvalue weighted by molar-refractivity contribution is 0.0526. The van der Waals surface area contributed by atoms with E-state index in [-0.39, 0.29) is 5.97 Å². The Morgan fingerprint density at radius 2 is 2.09 bits per heavy atom. The van der Waals surface area contributed by atoms with Crippen LogP contribution in [-0.4, -0.2) is 28.1 Å². The largest absolute Gasteiger partial charge is 0.462 e. The summed E-state index contributed by atoms with van der Waals surface area (Å²) in [5.41, 5.74) is 4.00. The van der Waals surface area contributed by atoms with E-state index in [4.69, 9.17) is 4.74 Å². The third-order valence-electron chi connectivity index (χ3n) is 4.12. The molecule has 1 aromatic heterocycles. The standard InChI is InChI=1S/C18H20N2O3/c1-2-23-18(21)14-12-20(11-13-7-4-3-5-8-13)16-10-6-9-15(19-22)17(14)16/h3-5,7-8,12,22H,2,6,9-11H2,1H3/b19-15+. The maximum Gasteiger partial charge on any atom is 0.340 e. The van der Waals surface area contributed by atoms with Crippen LogP contribution in [0.25, 0.3) is 0 Å². The zero-order valence-corrected chi connectivity index (χ0v) is 13.2. The zero-order valence-electron chi connectivity index (χ0n) is 13.2. The van der Waals surface area contributed by atoms with E-state index < -0.39 is 0 Å². The van der Waals surface area contributed by atoms with E-state index in [9.17, 15) is 10.0 Å². The summed E-state index contributed by atoms with van der Waals surface area (Å²) in [5, 5.41) is 12.7. The normalized spacial score (nSPS) is 15.4. The van der Waals surface area contributed by atoms with E-state index in [1.165, 1.54) is 0 Å². The van der Waals surface area contributed by atoms with Gasteiger partial charge in [0.1, 0.15) is 0 Å². The molecule has 3 rings (SSSR count). The molecule has 0 spiro atoms. The lowest BCUT2D eigenvalue weighted by Crippen LogP contribution is -2.17. The highest BCUT2D eigenvalue weighted by atomic mass is 16.5. The Balaban J connectivity index is 2.05. The second-order valence-corrected chi connectivity index (χ2v) is 5.60. The number of ether oxygens (including phenoxy) is 1. The van der Waals surface area contributed by atoms with Crippen molar-refractivity contribution in [3.63, 3.8) is 0 Å². The molecule has 0 saturated heterocycles. The summed E-state index contributed by atoms with van der Waals surface area (Å²) < 4.78 is 7.23. The van der Waals surface area contributed by atoms with Crippen molar-refractivity contribution >= 4 is 11.7 Å². The fraction of sp³-hybridized carbons (Fsp3) is 0.333. The summed E-state index contributed by atoms with van der Waals surface area (Å²) in [6.45, 7) is 2.79. The number of carbonyl (C=O) groups is 1. The van der Waals surface area contributed by atoms with Crippen molar-refractivity contribution in [2.24, 2.45) is 5.16 Å². The highest BCUT2D eigenvalue weighted by Gasteiger charge is 2.28. The molecule has 120 valence electrons. The molecule has 2 aromatic rings. The highest BCUT2D eigenvalue weighted by molar-refractivity contribution is 6.10. The van der Waals surface area contributed by atoms with Crippen molar-refractivity contribution < 1.29 is 14.7 Å². The molecule has 0 unspecified atom stereocenters. The van der Waals surface area contributed by atoms with Crippen molar-refractivity contribution in [2.45, 2.75) is 32.7 Å². The van der Waals surface area contributed by atoms with Crippen LogP contribution in [0.1, 0.15) is 46.9 Å². The van der Waals surface area contributed by atoms with Crippen LogP contribution in [0.2, 0.25) is 0 Å². The average Bonchev–Trinajstić information content (AvgIpc) is 2.95. The Morgan fingerprint density at radius 3 is 2.78 bits per heavy atom. The average molecular weight is 312 g/mol. The Morgan fingerprint density at radius 1 is 1.30 bits per heavy atom. The molecular weight excluding hydrogens is 292 g/mol. The SMILES string of the molecule is CCOC(=O)c1cn(Cc2ccccc2)c2c1/C(=N/O)CCC2. The molecule has 5 nitrogen and oxygen atoms in total. The first-order valence-corrected chi connectivity index (χ1v) is 7.89. The molecule has 1 heterocycles. The van der Waals surface area contributed by atoms with Crippen LogP contribution >= 0.6 is 0 Å². The molecule has 1 aliphatic rings. The third-order valence-corrected chi connectivity index (χ3v) is 4.12. The second-order valence-electron chi connectivity index (χ2n) is 5.60. The topological polar surface area (TPSA) is 63.8 Å². The molecule has 0 amide bonds. The van der Waals surface area contributed by atoms with Gasteiger partial charge in [-0.1, -0.05) is 35.5 Å². The van der Waals surface area contributed by atoms with Gasteiger partial charge < -0.3 is 14.5 Å². The molecule has 0 bridgehead atoms. The molecule has 23 heavy (non-hydrogen) atoms. The van der Waals surface area contributed by atoms with Gasteiger partial charge in [0.25, 0.3) is 0 Å². The van der Waals surface area contributed by atoms with Crippen molar-refractivity contribution in [1.29, 1.82) is 0 Å². The summed E-state index contributed by atoms with van der Waals surface area (Å²) in [5.74, 6) is -0.362. The fourth-order valence-corrected chi connectivity index (χ4v) is 3.12. The quantitative estimate of drug-likeness (QED) is 0.535. The van der Waals surface area contributed by atoms with Gasteiger partial charge in [-0.25, -0.2) is 4.79 Å². The summed E-state index contributed by atoms with van der Waals surface area (Å²) in [4.78, 5) is 12.3. The van der Waals surface area contributed by atoms with Gasteiger partial charge in [0.05, 0.1) is 17.9 Å². The number of esters is 1. The number of rotatable bonds is 4. The Hall–Kier alpha value is -2.56. The van der Waals surface area contributed by atoms with E-state index in [2.05, 4.69) is 21.9 Å². The van der Waals surface area contributed by atoms with Crippen molar-refractivity contribution in [3.05, 3.63) is 58.9 Å². The minimum atomic E-state index is -0.362. The van der Waals surface area contributed by atoms with Crippen molar-refractivity contribution in [2.75, 3.05) is 6.61 Å². The molecule has 1 aliphatic carbocycles. The number of aromatic nitrogens is 1. The lowest BCUT2D eigenvalue weighted by atomic mass is 9.93. The van der Waals surface area contributed by atoms with Gasteiger partial charge in [-0.3, -0.25) is 0 Å². The van der Waals surface area contributed by atoms with Gasteiger partial charge in [0.2, 0.25) is 0 Å². The predicted molar refractivity (Wildman–Crippen MR) is 87.2 cm³/mol. The number of benzene rings is 1. The Labute approximate surface area is 135 Å². The van der Waals surface area contributed by atoms with Crippen LogP contribution in [0, 0.1) is 0 Å². The number of hydrogen-bond acceptors (Lipinski definition) is 4. The molecular formula is C18H20N2O3. The summed E-state index contributed by atoms with van der Waals surface area (Å²) in [6, 6.07) is 10.1. The van der Waals surface area contributed by atoms with Crippen LogP contribution in [0.5, 0.6) is 0 Å². The molecule has 1 N–H and O–H groups in total. The van der Waals surface area contributed by atoms with E-state index in [0.29, 0.717) is 30.8 Å². The number of nitrogens with zero attached hydrogens (tertiary/aromatic N) is 2. The van der Waals surface area contributed by atoms with Gasteiger partial charge in [0, 0.05) is 24.0 Å². The molecule has 0 aliphatic heterocycles. The number of oxime groups is 1. The minimum Gasteiger partial charge on any atom is -0.462 e. The van der Waals surface area contributed by atoms with E-state index >= 15 is 0 Å². The summed E-state index contributed by atoms with van der Waals surface area (Å²) in [6.07, 6.45) is 4.27. The Kier molecular flexibility index (Phi) is 4.46. The molecule has 0 fully saturated rings. The first-order chi connectivity index (χ1) is 11.2. The summed E-state index contributed by atoms with van der Waals surface area (Å²) >= 11 is 0. The Bertz CT molecular complexity index is 732. The summed E-state index contributed by atoms with van der Waals surface area (Å²) in [7, 11) is 0. The third kappa shape index (κ3) is 2.99. The van der Waals surface area contributed by atoms with Crippen LogP contribution in [-0.2, 0) is 17.7 Å². The van der Waals surface area contributed by atoms with Crippen molar-refractivity contribution in [1.82, 2.24) is 4.57 Å². The van der Waals surface area contributed by atoms with E-state index in [1.54, 1.807) is 6.92 Å². The minimum absolute atomic E-state index is 0.322. The monoisotopic (exact) mass is 312 g/mol. The lowest BCUT2D eigenvalue weighted by Gasteiger charge is -2.17. The van der Waals surface area contributed by atoms with Crippen LogP contribution in [0.3, 0.4) is 0 Å². The smallest absolute Gasteiger partial charge is 0.340 e. The number of fused-ring (bicyclic) bond motifs is 1. The fourth-order valence-electron chi connectivity index (χ4n) is 3.12. The van der Waals surface area contributed by atoms with Gasteiger partial charge in [0.15, 0.2) is 0 Å². The second kappa shape index (κ2) is 6.69. The van der Waals surface area contributed by atoms with Gasteiger partial charge >= 0.3 is 5.97 Å². The first kappa shape index (κ1) is 15.3. The van der Waals surface area contributed by atoms with Crippen molar-refractivity contribution in [3.8, 4) is 0 Å². The highest BCUT2D eigenvalue weighted by Crippen LogP contribution is 2.28. The molecule has 5 heteroatoms. The number of carbonyl (C=O) groups excluding carboxylic acids is 1. The molecule has 0 atom stereocenters. The number of hydrogen-bond donors (Lipinski definition) is 1. The van der Waals surface area contributed by atoms with Gasteiger partial charge in [-0.05, 0) is 31.7 Å². The van der Waals surface area contributed by atoms with Crippen LogP contribution < -0.4 is 0 Å². The molecule has 0 radical (unpaired) electrons. The maximum absolute atomic E-state index is 12.3. The molecule has 1 aromatic carbocycles.